The molecule has 1 aromatic rings. The third-order valence-electron chi connectivity index (χ3n) is 3.45. The largest absolute Gasteiger partial charge is 0.435 e. The maximum Gasteiger partial charge on any atom is 0.435 e. The van der Waals surface area contributed by atoms with Crippen LogP contribution in [0.1, 0.15) is 24.8 Å². The Morgan fingerprint density at radius 2 is 1.77 bits per heavy atom. The highest BCUT2D eigenvalue weighted by molar-refractivity contribution is 7.42. The molecule has 0 aromatic heterocycles. The van der Waals surface area contributed by atoms with Gasteiger partial charge in [0.1, 0.15) is 0 Å². The van der Waals surface area contributed by atoms with Crippen LogP contribution in [-0.2, 0) is 4.57 Å². The van der Waals surface area contributed by atoms with Gasteiger partial charge in [0.25, 0.3) is 5.69 Å². The lowest BCUT2D eigenvalue weighted by atomic mass is 9.98. The molecular formula is C14H20Cl2N2O3P+. The lowest BCUT2D eigenvalue weighted by Crippen LogP contribution is -2.22. The van der Waals surface area contributed by atoms with Crippen molar-refractivity contribution >= 4 is 36.8 Å². The van der Waals surface area contributed by atoms with E-state index in [9.17, 15) is 14.7 Å². The third-order valence-corrected chi connectivity index (χ3v) is 5.57. The van der Waals surface area contributed by atoms with E-state index in [1.807, 2.05) is 11.6 Å². The summed E-state index contributed by atoms with van der Waals surface area (Å²) >= 11 is 11.5. The van der Waals surface area contributed by atoms with Gasteiger partial charge in [0.2, 0.25) is 0 Å². The zero-order valence-electron chi connectivity index (χ0n) is 12.5. The van der Waals surface area contributed by atoms with E-state index >= 15 is 0 Å². The van der Waals surface area contributed by atoms with E-state index in [4.69, 9.17) is 23.2 Å². The number of rotatable bonds is 10. The molecule has 122 valence electrons. The van der Waals surface area contributed by atoms with Crippen LogP contribution in [0.5, 0.6) is 0 Å². The second-order valence-corrected chi connectivity index (χ2v) is 7.21. The van der Waals surface area contributed by atoms with Gasteiger partial charge < -0.3 is 0 Å². The first-order valence-corrected chi connectivity index (χ1v) is 9.55. The topological polar surface area (TPSA) is 63.5 Å². The second-order valence-electron chi connectivity index (χ2n) is 4.82. The molecule has 0 amide bonds. The van der Waals surface area contributed by atoms with Crippen LogP contribution < -0.4 is 0 Å². The number of nitro groups is 1. The quantitative estimate of drug-likeness (QED) is 0.263. The van der Waals surface area contributed by atoms with Crippen molar-refractivity contribution in [2.75, 3.05) is 31.0 Å². The van der Waals surface area contributed by atoms with Crippen LogP contribution in [0.2, 0.25) is 0 Å². The van der Waals surface area contributed by atoms with E-state index in [-0.39, 0.29) is 11.6 Å². The fraction of sp³-hybridized carbons (Fsp3) is 0.571. The van der Waals surface area contributed by atoms with Gasteiger partial charge in [-0.25, -0.2) is 0 Å². The molecule has 2 atom stereocenters. The average molecular weight is 366 g/mol. The molecule has 0 fully saturated rings. The van der Waals surface area contributed by atoms with Crippen LogP contribution in [0.3, 0.4) is 0 Å². The normalized spacial score (nSPS) is 13.2. The van der Waals surface area contributed by atoms with Gasteiger partial charge in [-0.2, -0.15) is 0 Å². The van der Waals surface area contributed by atoms with E-state index in [0.717, 1.165) is 12.0 Å². The molecule has 0 radical (unpaired) electrons. The summed E-state index contributed by atoms with van der Waals surface area (Å²) in [6, 6.07) is 6.45. The van der Waals surface area contributed by atoms with Crippen LogP contribution in [0.4, 0.5) is 5.69 Å². The van der Waals surface area contributed by atoms with Gasteiger partial charge in [0.05, 0.1) is 18.0 Å². The number of nitro benzene ring substituents is 1. The Kier molecular flexibility index (Phi) is 8.88. The average Bonchev–Trinajstić information content (AvgIpc) is 2.52. The summed E-state index contributed by atoms with van der Waals surface area (Å²) < 4.78 is 14.3. The van der Waals surface area contributed by atoms with Crippen molar-refractivity contribution < 1.29 is 9.49 Å². The smallest absolute Gasteiger partial charge is 0.258 e. The molecule has 0 aliphatic rings. The van der Waals surface area contributed by atoms with Crippen LogP contribution >= 0.6 is 31.2 Å². The van der Waals surface area contributed by atoms with E-state index in [1.165, 1.54) is 12.1 Å². The summed E-state index contributed by atoms with van der Waals surface area (Å²) in [6.45, 7) is 3.10. The van der Waals surface area contributed by atoms with Crippen molar-refractivity contribution in [2.24, 2.45) is 0 Å². The Morgan fingerprint density at radius 3 is 2.18 bits per heavy atom. The van der Waals surface area contributed by atoms with Crippen LogP contribution in [0.15, 0.2) is 24.3 Å². The molecule has 0 saturated heterocycles. The maximum atomic E-state index is 12.5. The van der Waals surface area contributed by atoms with Gasteiger partial charge in [-0.1, -0.05) is 28.3 Å². The number of alkyl halides is 2. The van der Waals surface area contributed by atoms with Crippen LogP contribution in [0, 0.1) is 10.1 Å². The summed E-state index contributed by atoms with van der Waals surface area (Å²) in [7, 11) is -1.56. The predicted octanol–water partition coefficient (Wildman–Crippen LogP) is 4.61. The van der Waals surface area contributed by atoms with Crippen molar-refractivity contribution in [1.82, 2.24) is 4.67 Å². The summed E-state index contributed by atoms with van der Waals surface area (Å²) in [5.74, 6) is 0.913. The molecule has 0 aliphatic heterocycles. The Hall–Kier alpha value is -0.740. The van der Waals surface area contributed by atoms with Gasteiger partial charge in [-0.05, 0) is 12.0 Å². The van der Waals surface area contributed by atoms with E-state index < -0.39 is 12.9 Å². The molecule has 0 heterocycles. The van der Waals surface area contributed by atoms with Crippen LogP contribution in [0.25, 0.3) is 0 Å². The Balaban J connectivity index is 2.78. The van der Waals surface area contributed by atoms with Gasteiger partial charge >= 0.3 is 7.95 Å². The first-order valence-electron chi connectivity index (χ1n) is 7.09. The minimum atomic E-state index is -1.56. The van der Waals surface area contributed by atoms with E-state index in [1.54, 1.807) is 12.1 Å². The number of hydrogen-bond donors (Lipinski definition) is 0. The van der Waals surface area contributed by atoms with Gasteiger partial charge in [0, 0.05) is 29.8 Å². The molecule has 5 nitrogen and oxygen atoms in total. The highest BCUT2D eigenvalue weighted by Gasteiger charge is 2.30. The van der Waals surface area contributed by atoms with Crippen molar-refractivity contribution in [3.63, 3.8) is 0 Å². The monoisotopic (exact) mass is 365 g/mol. The molecule has 8 heteroatoms. The maximum absolute atomic E-state index is 12.5. The van der Waals surface area contributed by atoms with Crippen molar-refractivity contribution in [1.29, 1.82) is 0 Å². The first-order chi connectivity index (χ1) is 10.5. The number of hydrogen-bond acceptors (Lipinski definition) is 3. The number of benzene rings is 1. The van der Waals surface area contributed by atoms with E-state index in [2.05, 4.69) is 0 Å². The van der Waals surface area contributed by atoms with Crippen molar-refractivity contribution in [3.05, 3.63) is 39.9 Å². The SMILES string of the molecule is CCC(C[P+](=O)N(CCCl)CCCl)c1ccc([N+](=O)[O-])cc1. The Morgan fingerprint density at radius 1 is 1.23 bits per heavy atom. The van der Waals surface area contributed by atoms with Crippen molar-refractivity contribution in [3.8, 4) is 0 Å². The summed E-state index contributed by atoms with van der Waals surface area (Å²) in [4.78, 5) is 10.3. The highest BCUT2D eigenvalue weighted by atomic mass is 35.5. The molecular weight excluding hydrogens is 346 g/mol. The summed E-state index contributed by atoms with van der Waals surface area (Å²) in [6.07, 6.45) is 1.31. The van der Waals surface area contributed by atoms with Gasteiger partial charge in [-0.15, -0.1) is 23.2 Å². The zero-order valence-corrected chi connectivity index (χ0v) is 14.9. The summed E-state index contributed by atoms with van der Waals surface area (Å²) in [5, 5.41) is 10.7. The molecule has 0 saturated carbocycles. The minimum absolute atomic E-state index is 0.0638. The van der Waals surface area contributed by atoms with Crippen LogP contribution in [-0.4, -0.2) is 40.6 Å². The molecule has 0 spiro atoms. The molecule has 2 unspecified atom stereocenters. The summed E-state index contributed by atoms with van der Waals surface area (Å²) in [5.41, 5.74) is 1.03. The second kappa shape index (κ2) is 10.1. The molecule has 1 rings (SSSR count). The first kappa shape index (κ1) is 19.3. The van der Waals surface area contributed by atoms with Crippen molar-refractivity contribution in [2.45, 2.75) is 19.3 Å². The third kappa shape index (κ3) is 5.81. The van der Waals surface area contributed by atoms with Gasteiger partial charge in [0.15, 0.2) is 6.16 Å². The Labute approximate surface area is 141 Å². The molecule has 22 heavy (non-hydrogen) atoms. The number of halogens is 2. The number of nitrogens with zero attached hydrogens (tertiary/aromatic N) is 2. The lowest BCUT2D eigenvalue weighted by molar-refractivity contribution is -0.384. The predicted molar refractivity (Wildman–Crippen MR) is 91.6 cm³/mol. The van der Waals surface area contributed by atoms with Gasteiger partial charge in [-0.3, -0.25) is 10.1 Å². The zero-order chi connectivity index (χ0) is 16.5. The lowest BCUT2D eigenvalue weighted by Gasteiger charge is -2.13. The molecule has 0 bridgehead atoms. The standard InChI is InChI=1S/C14H20Cl2N2O3P/c1-2-12(11-22(21)17(9-7-15)10-8-16)13-3-5-14(6-4-13)18(19)20/h3-6,12H,2,7-11H2,1H3/q+1. The molecule has 0 N–H and O–H groups in total. The fourth-order valence-electron chi connectivity index (χ4n) is 2.17. The van der Waals surface area contributed by atoms with E-state index in [0.29, 0.717) is 31.0 Å². The molecule has 0 aliphatic carbocycles. The molecule has 1 aromatic carbocycles. The Bertz CT molecular complexity index is 493. The minimum Gasteiger partial charge on any atom is -0.258 e. The fourth-order valence-corrected chi connectivity index (χ4v) is 4.54. The number of non-ortho nitro benzene ring substituents is 1. The highest BCUT2D eigenvalue weighted by Crippen LogP contribution is 2.35.